The lowest BCUT2D eigenvalue weighted by Crippen LogP contribution is -2.47. The molecule has 3 N–H and O–H groups in total. The smallest absolute Gasteiger partial charge is 0.227 e. The fourth-order valence-electron chi connectivity index (χ4n) is 3.39. The van der Waals surface area contributed by atoms with E-state index in [1.807, 2.05) is 0 Å². The molecule has 1 aliphatic heterocycles. The second-order valence-electron chi connectivity index (χ2n) is 6.06. The van der Waals surface area contributed by atoms with Crippen molar-refractivity contribution >= 4 is 5.91 Å². The van der Waals surface area contributed by atoms with Crippen LogP contribution < -0.4 is 11.1 Å². The monoisotopic (exact) mass is 284 g/mol. The van der Waals surface area contributed by atoms with Crippen molar-refractivity contribution in [3.05, 3.63) is 0 Å². The Bertz CT molecular complexity index is 288. The lowest BCUT2D eigenvalue weighted by Gasteiger charge is -2.31. The van der Waals surface area contributed by atoms with Crippen molar-refractivity contribution in [1.82, 2.24) is 5.32 Å². The van der Waals surface area contributed by atoms with Crippen LogP contribution in [0.25, 0.3) is 0 Å². The van der Waals surface area contributed by atoms with Crippen LogP contribution in [0.5, 0.6) is 0 Å². The Balaban J connectivity index is 2.57. The van der Waals surface area contributed by atoms with Gasteiger partial charge in [0.15, 0.2) is 0 Å². The zero-order valence-electron chi connectivity index (χ0n) is 13.4. The van der Waals surface area contributed by atoms with Crippen LogP contribution in [-0.2, 0) is 9.53 Å². The van der Waals surface area contributed by atoms with E-state index in [-0.39, 0.29) is 11.3 Å². The van der Waals surface area contributed by atoms with Crippen molar-refractivity contribution in [2.75, 3.05) is 19.7 Å². The first-order valence-corrected chi connectivity index (χ1v) is 8.23. The molecule has 1 fully saturated rings. The molecule has 118 valence electrons. The molecular weight excluding hydrogens is 252 g/mol. The van der Waals surface area contributed by atoms with E-state index in [4.69, 9.17) is 10.5 Å². The summed E-state index contributed by atoms with van der Waals surface area (Å²) in [5.74, 6) is 0.605. The number of hydrogen-bond donors (Lipinski definition) is 2. The van der Waals surface area contributed by atoms with E-state index in [9.17, 15) is 4.79 Å². The van der Waals surface area contributed by atoms with Crippen LogP contribution in [0, 0.1) is 11.3 Å². The Morgan fingerprint density at radius 3 is 2.45 bits per heavy atom. The van der Waals surface area contributed by atoms with Gasteiger partial charge in [0.05, 0.1) is 11.5 Å². The van der Waals surface area contributed by atoms with Gasteiger partial charge in [0.25, 0.3) is 0 Å². The van der Waals surface area contributed by atoms with Crippen molar-refractivity contribution in [1.29, 1.82) is 0 Å². The van der Waals surface area contributed by atoms with Crippen molar-refractivity contribution in [3.8, 4) is 0 Å². The summed E-state index contributed by atoms with van der Waals surface area (Å²) < 4.78 is 5.68. The van der Waals surface area contributed by atoms with Gasteiger partial charge in [0.2, 0.25) is 5.91 Å². The summed E-state index contributed by atoms with van der Waals surface area (Å²) in [4.78, 5) is 12.6. The number of ether oxygens (including phenoxy) is 1. The maximum Gasteiger partial charge on any atom is 0.227 e. The van der Waals surface area contributed by atoms with Crippen LogP contribution in [0.2, 0.25) is 0 Å². The molecule has 4 heteroatoms. The third-order valence-corrected chi connectivity index (χ3v) is 4.60. The molecule has 0 aromatic heterocycles. The molecule has 1 amide bonds. The molecule has 2 atom stereocenters. The van der Waals surface area contributed by atoms with E-state index < -0.39 is 0 Å². The molecule has 1 rings (SSSR count). The molecule has 0 saturated carbocycles. The summed E-state index contributed by atoms with van der Waals surface area (Å²) in [6, 6.07) is 0. The maximum atomic E-state index is 12.6. The summed E-state index contributed by atoms with van der Waals surface area (Å²) in [7, 11) is 0. The number of nitrogens with one attached hydrogen (secondary N) is 1. The van der Waals surface area contributed by atoms with Gasteiger partial charge in [-0.05, 0) is 25.7 Å². The quantitative estimate of drug-likeness (QED) is 0.683. The summed E-state index contributed by atoms with van der Waals surface area (Å²) in [6.07, 6.45) is 6.12. The highest BCUT2D eigenvalue weighted by molar-refractivity contribution is 5.82. The fourth-order valence-corrected chi connectivity index (χ4v) is 3.39. The summed E-state index contributed by atoms with van der Waals surface area (Å²) in [5.41, 5.74) is 5.56. The van der Waals surface area contributed by atoms with E-state index in [0.717, 1.165) is 51.7 Å². The molecule has 2 unspecified atom stereocenters. The molecule has 0 bridgehead atoms. The molecule has 0 radical (unpaired) electrons. The third kappa shape index (κ3) is 4.19. The highest BCUT2D eigenvalue weighted by Gasteiger charge is 2.36. The molecule has 1 saturated heterocycles. The number of nitrogens with two attached hydrogens (primary N) is 1. The molecular formula is C16H32N2O2. The van der Waals surface area contributed by atoms with Crippen LogP contribution in [0.4, 0.5) is 0 Å². The van der Waals surface area contributed by atoms with Gasteiger partial charge in [-0.25, -0.2) is 0 Å². The topological polar surface area (TPSA) is 64.4 Å². The second kappa shape index (κ2) is 8.63. The molecule has 0 spiro atoms. The van der Waals surface area contributed by atoms with Crippen molar-refractivity contribution in [3.63, 3.8) is 0 Å². The van der Waals surface area contributed by atoms with E-state index in [1.165, 1.54) is 0 Å². The molecule has 0 aromatic rings. The van der Waals surface area contributed by atoms with Gasteiger partial charge in [-0.15, -0.1) is 0 Å². The Morgan fingerprint density at radius 1 is 1.30 bits per heavy atom. The first-order chi connectivity index (χ1) is 9.63. The third-order valence-electron chi connectivity index (χ3n) is 4.60. The van der Waals surface area contributed by atoms with Gasteiger partial charge in [0, 0.05) is 25.6 Å². The minimum Gasteiger partial charge on any atom is -0.378 e. The van der Waals surface area contributed by atoms with Gasteiger partial charge in [0.1, 0.15) is 0 Å². The number of rotatable bonds is 9. The van der Waals surface area contributed by atoms with Gasteiger partial charge in [-0.1, -0.05) is 33.6 Å². The normalized spacial score (nSPS) is 23.0. The molecule has 1 aliphatic rings. The molecule has 4 nitrogen and oxygen atoms in total. The highest BCUT2D eigenvalue weighted by Crippen LogP contribution is 2.29. The average molecular weight is 284 g/mol. The number of carbonyl (C=O) groups is 1. The van der Waals surface area contributed by atoms with E-state index in [0.29, 0.717) is 18.6 Å². The average Bonchev–Trinajstić information content (AvgIpc) is 2.91. The number of amides is 1. The molecule has 0 aliphatic carbocycles. The van der Waals surface area contributed by atoms with E-state index in [1.54, 1.807) is 0 Å². The van der Waals surface area contributed by atoms with Crippen LogP contribution in [-0.4, -0.2) is 31.7 Å². The Kier molecular flexibility index (Phi) is 7.52. The van der Waals surface area contributed by atoms with E-state index in [2.05, 4.69) is 26.1 Å². The van der Waals surface area contributed by atoms with Gasteiger partial charge in [-0.2, -0.15) is 0 Å². The van der Waals surface area contributed by atoms with Crippen LogP contribution in [0.1, 0.15) is 59.3 Å². The Hall–Kier alpha value is -0.610. The van der Waals surface area contributed by atoms with Crippen LogP contribution in [0.3, 0.4) is 0 Å². The van der Waals surface area contributed by atoms with Crippen LogP contribution in [0.15, 0.2) is 0 Å². The lowest BCUT2D eigenvalue weighted by molar-refractivity contribution is -0.131. The SMILES string of the molecule is CCCC(CN)(CCC)C(=O)NCC1CCOC1CC. The van der Waals surface area contributed by atoms with Crippen LogP contribution >= 0.6 is 0 Å². The van der Waals surface area contributed by atoms with Gasteiger partial charge in [-0.3, -0.25) is 4.79 Å². The predicted molar refractivity (Wildman–Crippen MR) is 82.5 cm³/mol. The first kappa shape index (κ1) is 17.4. The largest absolute Gasteiger partial charge is 0.378 e. The lowest BCUT2D eigenvalue weighted by atomic mass is 9.78. The minimum absolute atomic E-state index is 0.144. The summed E-state index contributed by atoms with van der Waals surface area (Å²) in [5, 5.41) is 3.15. The maximum absolute atomic E-state index is 12.6. The highest BCUT2D eigenvalue weighted by atomic mass is 16.5. The van der Waals surface area contributed by atoms with E-state index >= 15 is 0 Å². The first-order valence-electron chi connectivity index (χ1n) is 8.23. The Labute approximate surface area is 123 Å². The summed E-state index contributed by atoms with van der Waals surface area (Å²) >= 11 is 0. The second-order valence-corrected chi connectivity index (χ2v) is 6.06. The van der Waals surface area contributed by atoms with Gasteiger partial charge >= 0.3 is 0 Å². The summed E-state index contributed by atoms with van der Waals surface area (Å²) in [6.45, 7) is 8.37. The zero-order valence-corrected chi connectivity index (χ0v) is 13.4. The molecule has 20 heavy (non-hydrogen) atoms. The zero-order chi connectivity index (χ0) is 15.0. The minimum atomic E-state index is -0.370. The van der Waals surface area contributed by atoms with Gasteiger partial charge < -0.3 is 15.8 Å². The van der Waals surface area contributed by atoms with Crippen molar-refractivity contribution < 1.29 is 9.53 Å². The number of carbonyl (C=O) groups excluding carboxylic acids is 1. The predicted octanol–water partition coefficient (Wildman–Crippen LogP) is 2.46. The van der Waals surface area contributed by atoms with Crippen molar-refractivity contribution in [2.45, 2.75) is 65.4 Å². The Morgan fingerprint density at radius 2 is 1.95 bits per heavy atom. The fraction of sp³-hybridized carbons (Fsp3) is 0.938. The number of hydrogen-bond acceptors (Lipinski definition) is 3. The molecule has 1 heterocycles. The molecule has 0 aromatic carbocycles. The standard InChI is InChI=1S/C16H32N2O2/c1-4-8-16(12-17,9-5-2)15(19)18-11-13-7-10-20-14(13)6-3/h13-14H,4-12,17H2,1-3H3,(H,18,19). The van der Waals surface area contributed by atoms with Crippen molar-refractivity contribution in [2.24, 2.45) is 17.1 Å².